The number of aryl methyl sites for hydroxylation is 1. The van der Waals surface area contributed by atoms with Gasteiger partial charge in [-0.2, -0.15) is 0 Å². The van der Waals surface area contributed by atoms with Crippen LogP contribution in [0.1, 0.15) is 37.6 Å². The van der Waals surface area contributed by atoms with Crippen LogP contribution in [0.15, 0.2) is 30.6 Å². The predicted molar refractivity (Wildman–Crippen MR) is 108 cm³/mol. The Hall–Kier alpha value is -2.47. The van der Waals surface area contributed by atoms with Gasteiger partial charge in [0.05, 0.1) is 10.9 Å². The van der Waals surface area contributed by atoms with Crippen molar-refractivity contribution in [1.29, 1.82) is 0 Å². The normalized spacial score (nSPS) is 17.5. The smallest absolute Gasteiger partial charge is 0.185 e. The van der Waals surface area contributed by atoms with E-state index in [1.807, 2.05) is 12.1 Å². The van der Waals surface area contributed by atoms with E-state index in [1.165, 1.54) is 16.9 Å². The Labute approximate surface area is 161 Å². The second-order valence-corrected chi connectivity index (χ2v) is 9.54. The lowest BCUT2D eigenvalue weighted by Gasteiger charge is -2.33. The SMILES string of the molecule is CC(C)(C)C1CCc2c(sc3ncn4nc(-c5ccccc5O)nc4c23)C1. The van der Waals surface area contributed by atoms with Gasteiger partial charge in [0.25, 0.3) is 0 Å². The maximum absolute atomic E-state index is 10.2. The van der Waals surface area contributed by atoms with Crippen LogP contribution < -0.4 is 0 Å². The number of hydrogen-bond donors (Lipinski definition) is 1. The van der Waals surface area contributed by atoms with Crippen LogP contribution in [0.2, 0.25) is 0 Å². The van der Waals surface area contributed by atoms with Crippen molar-refractivity contribution in [3.05, 3.63) is 41.0 Å². The number of para-hydroxylation sites is 1. The third-order valence-corrected chi connectivity index (χ3v) is 6.92. The Kier molecular flexibility index (Phi) is 3.56. The average molecular weight is 379 g/mol. The first-order chi connectivity index (χ1) is 12.9. The van der Waals surface area contributed by atoms with Gasteiger partial charge in [-0.3, -0.25) is 0 Å². The highest BCUT2D eigenvalue weighted by molar-refractivity contribution is 7.19. The van der Waals surface area contributed by atoms with Crippen LogP contribution in [-0.4, -0.2) is 24.7 Å². The quantitative estimate of drug-likeness (QED) is 0.514. The van der Waals surface area contributed by atoms with E-state index in [1.54, 1.807) is 34.3 Å². The van der Waals surface area contributed by atoms with Crippen molar-refractivity contribution in [2.24, 2.45) is 11.3 Å². The highest BCUT2D eigenvalue weighted by Gasteiger charge is 2.31. The molecule has 0 spiro atoms. The average Bonchev–Trinajstić information content (AvgIpc) is 3.21. The number of benzene rings is 1. The molecule has 0 aliphatic heterocycles. The predicted octanol–water partition coefficient (Wildman–Crippen LogP) is 4.86. The molecule has 138 valence electrons. The summed E-state index contributed by atoms with van der Waals surface area (Å²) in [6, 6.07) is 7.18. The molecule has 0 amide bonds. The summed E-state index contributed by atoms with van der Waals surface area (Å²) in [5.74, 6) is 1.42. The molecule has 6 heteroatoms. The van der Waals surface area contributed by atoms with Crippen LogP contribution in [0.5, 0.6) is 5.75 Å². The van der Waals surface area contributed by atoms with E-state index in [0.29, 0.717) is 22.7 Å². The molecular weight excluding hydrogens is 356 g/mol. The highest BCUT2D eigenvalue weighted by atomic mass is 32.1. The molecule has 27 heavy (non-hydrogen) atoms. The first kappa shape index (κ1) is 16.7. The lowest BCUT2D eigenvalue weighted by atomic mass is 9.72. The van der Waals surface area contributed by atoms with E-state index in [0.717, 1.165) is 28.7 Å². The Bertz CT molecular complexity index is 1170. The van der Waals surface area contributed by atoms with Crippen LogP contribution >= 0.6 is 11.3 Å². The zero-order valence-electron chi connectivity index (χ0n) is 15.7. The highest BCUT2D eigenvalue weighted by Crippen LogP contribution is 2.43. The Morgan fingerprint density at radius 3 is 2.81 bits per heavy atom. The van der Waals surface area contributed by atoms with Crippen molar-refractivity contribution in [3.63, 3.8) is 0 Å². The Morgan fingerprint density at radius 1 is 1.22 bits per heavy atom. The van der Waals surface area contributed by atoms with Crippen LogP contribution in [0, 0.1) is 11.3 Å². The molecule has 5 nitrogen and oxygen atoms in total. The number of aromatic nitrogens is 4. The van der Waals surface area contributed by atoms with E-state index in [-0.39, 0.29) is 5.75 Å². The van der Waals surface area contributed by atoms with Crippen molar-refractivity contribution >= 4 is 27.2 Å². The fourth-order valence-electron chi connectivity index (χ4n) is 4.09. The van der Waals surface area contributed by atoms with Crippen molar-refractivity contribution in [2.45, 2.75) is 40.0 Å². The largest absolute Gasteiger partial charge is 0.507 e. The van der Waals surface area contributed by atoms with Gasteiger partial charge in [-0.25, -0.2) is 14.5 Å². The number of aromatic hydroxyl groups is 1. The summed E-state index contributed by atoms with van der Waals surface area (Å²) in [5.41, 5.74) is 3.20. The summed E-state index contributed by atoms with van der Waals surface area (Å²) in [4.78, 5) is 11.9. The first-order valence-corrected chi connectivity index (χ1v) is 10.2. The van der Waals surface area contributed by atoms with Crippen LogP contribution in [0.3, 0.4) is 0 Å². The molecule has 1 aromatic carbocycles. The van der Waals surface area contributed by atoms with E-state index >= 15 is 0 Å². The lowest BCUT2D eigenvalue weighted by molar-refractivity contribution is 0.218. The molecule has 1 aliphatic rings. The van der Waals surface area contributed by atoms with Gasteiger partial charge in [-0.1, -0.05) is 32.9 Å². The molecule has 5 rings (SSSR count). The molecule has 1 unspecified atom stereocenters. The number of hydrogen-bond acceptors (Lipinski definition) is 5. The number of phenolic OH excluding ortho intramolecular Hbond substituents is 1. The minimum absolute atomic E-state index is 0.193. The van der Waals surface area contributed by atoms with Gasteiger partial charge < -0.3 is 5.11 Å². The van der Waals surface area contributed by atoms with Crippen molar-refractivity contribution in [3.8, 4) is 17.1 Å². The topological polar surface area (TPSA) is 63.3 Å². The zero-order valence-corrected chi connectivity index (χ0v) is 16.5. The zero-order chi connectivity index (χ0) is 18.8. The number of fused-ring (bicyclic) bond motifs is 5. The summed E-state index contributed by atoms with van der Waals surface area (Å²) in [5, 5.41) is 15.9. The molecule has 4 aromatic rings. The summed E-state index contributed by atoms with van der Waals surface area (Å²) in [6.45, 7) is 7.01. The molecule has 1 atom stereocenters. The Morgan fingerprint density at radius 2 is 2.04 bits per heavy atom. The molecule has 0 bridgehead atoms. The molecule has 3 aromatic heterocycles. The minimum Gasteiger partial charge on any atom is -0.507 e. The third kappa shape index (κ3) is 2.62. The van der Waals surface area contributed by atoms with Crippen molar-refractivity contribution < 1.29 is 5.11 Å². The van der Waals surface area contributed by atoms with Crippen molar-refractivity contribution in [2.75, 3.05) is 0 Å². The summed E-state index contributed by atoms with van der Waals surface area (Å²) >= 11 is 1.80. The Balaban J connectivity index is 1.68. The van der Waals surface area contributed by atoms with Crippen molar-refractivity contribution in [1.82, 2.24) is 19.6 Å². The molecule has 0 radical (unpaired) electrons. The fourth-order valence-corrected chi connectivity index (χ4v) is 5.35. The molecular formula is C21H22N4OS. The van der Waals surface area contributed by atoms with Gasteiger partial charge in [-0.15, -0.1) is 16.4 Å². The van der Waals surface area contributed by atoms with Crippen LogP contribution in [0.25, 0.3) is 27.3 Å². The molecule has 1 N–H and O–H groups in total. The second kappa shape index (κ2) is 5.76. The molecule has 0 saturated heterocycles. The monoisotopic (exact) mass is 378 g/mol. The molecule has 0 fully saturated rings. The standard InChI is InChI=1S/C21H22N4OS/c1-21(2,3)12-8-9-14-16(10-12)27-20-17(14)19-23-18(24-25(19)11-22-20)13-6-4-5-7-15(13)26/h4-7,11-12,26H,8-10H2,1-3H3. The van der Waals surface area contributed by atoms with E-state index < -0.39 is 0 Å². The summed E-state index contributed by atoms with van der Waals surface area (Å²) < 4.78 is 1.74. The number of phenols is 1. The second-order valence-electron chi connectivity index (χ2n) is 8.45. The van der Waals surface area contributed by atoms with Gasteiger partial charge in [0, 0.05) is 4.88 Å². The van der Waals surface area contributed by atoms with Gasteiger partial charge in [0.2, 0.25) is 0 Å². The molecule has 1 aliphatic carbocycles. The number of thiophene rings is 1. The summed E-state index contributed by atoms with van der Waals surface area (Å²) in [6.07, 6.45) is 5.12. The maximum atomic E-state index is 10.2. The van der Waals surface area contributed by atoms with Gasteiger partial charge in [0.15, 0.2) is 11.5 Å². The molecule has 3 heterocycles. The van der Waals surface area contributed by atoms with Gasteiger partial charge in [-0.05, 0) is 48.3 Å². The number of nitrogens with zero attached hydrogens (tertiary/aromatic N) is 4. The van der Waals surface area contributed by atoms with Gasteiger partial charge in [0.1, 0.15) is 16.9 Å². The van der Waals surface area contributed by atoms with E-state index in [2.05, 4.69) is 30.9 Å². The summed E-state index contributed by atoms with van der Waals surface area (Å²) in [7, 11) is 0. The van der Waals surface area contributed by atoms with Crippen LogP contribution in [0.4, 0.5) is 0 Å². The van der Waals surface area contributed by atoms with E-state index in [9.17, 15) is 5.11 Å². The molecule has 0 saturated carbocycles. The van der Waals surface area contributed by atoms with E-state index in [4.69, 9.17) is 4.98 Å². The number of rotatable bonds is 1. The maximum Gasteiger partial charge on any atom is 0.185 e. The first-order valence-electron chi connectivity index (χ1n) is 9.36. The van der Waals surface area contributed by atoms with Crippen LogP contribution in [-0.2, 0) is 12.8 Å². The third-order valence-electron chi connectivity index (χ3n) is 5.76. The van der Waals surface area contributed by atoms with Gasteiger partial charge >= 0.3 is 0 Å². The lowest BCUT2D eigenvalue weighted by Crippen LogP contribution is -2.26. The fraction of sp³-hybridized carbons (Fsp3) is 0.381. The minimum atomic E-state index is 0.193.